The van der Waals surface area contributed by atoms with E-state index in [4.69, 9.17) is 4.74 Å². The summed E-state index contributed by atoms with van der Waals surface area (Å²) in [5, 5.41) is 4.69. The Morgan fingerprint density at radius 2 is 1.97 bits per heavy atom. The number of nitrogens with one attached hydrogen (secondary N) is 2. The van der Waals surface area contributed by atoms with Crippen LogP contribution >= 0.6 is 0 Å². The van der Waals surface area contributed by atoms with E-state index in [2.05, 4.69) is 15.6 Å². The van der Waals surface area contributed by atoms with Gasteiger partial charge < -0.3 is 10.1 Å². The van der Waals surface area contributed by atoms with Gasteiger partial charge in [0, 0.05) is 13.0 Å². The van der Waals surface area contributed by atoms with Crippen LogP contribution in [0.25, 0.3) is 10.9 Å². The fraction of sp³-hybridized carbons (Fsp3) is 0.375. The third-order valence-electron chi connectivity index (χ3n) is 6.57. The molecule has 0 bridgehead atoms. The van der Waals surface area contributed by atoms with Crippen LogP contribution in [0.1, 0.15) is 43.8 Å². The van der Waals surface area contributed by atoms with Crippen molar-refractivity contribution in [2.75, 3.05) is 11.9 Å². The van der Waals surface area contributed by atoms with Crippen LogP contribution in [0.15, 0.2) is 38.8 Å². The first-order valence-corrected chi connectivity index (χ1v) is 11.9. The summed E-state index contributed by atoms with van der Waals surface area (Å²) in [4.78, 5) is 80.0. The van der Waals surface area contributed by atoms with Crippen LogP contribution < -0.4 is 27.4 Å². The molecule has 198 valence electrons. The number of piperidine rings is 1. The number of carbonyl (C=O) groups excluding carboxylic acids is 3. The molecule has 2 aliphatic heterocycles. The number of ether oxygens (including phenoxy) is 1. The van der Waals surface area contributed by atoms with Crippen LogP contribution in [-0.2, 0) is 25.7 Å². The molecule has 2 saturated heterocycles. The second-order valence-corrected chi connectivity index (χ2v) is 9.07. The predicted octanol–water partition coefficient (Wildman–Crippen LogP) is 0.0928. The Bertz CT molecular complexity index is 1670. The van der Waals surface area contributed by atoms with Gasteiger partial charge in [-0.15, -0.1) is 0 Å². The highest BCUT2D eigenvalue weighted by Gasteiger charge is 2.31. The van der Waals surface area contributed by atoms with Crippen molar-refractivity contribution < 1.29 is 23.5 Å². The van der Waals surface area contributed by atoms with Gasteiger partial charge in [0.05, 0.1) is 22.8 Å². The molecule has 0 radical (unpaired) electrons. The molecule has 5 rings (SSSR count). The number of halogens is 1. The van der Waals surface area contributed by atoms with E-state index in [1.54, 1.807) is 19.1 Å². The maximum absolute atomic E-state index is 14.3. The number of rotatable bonds is 5. The second-order valence-electron chi connectivity index (χ2n) is 9.07. The monoisotopic (exact) mass is 526 g/mol. The number of fused-ring (bicyclic) bond motifs is 1. The zero-order valence-corrected chi connectivity index (χ0v) is 20.2. The number of carbonyl (C=O) groups is 3. The van der Waals surface area contributed by atoms with Gasteiger partial charge in [0.1, 0.15) is 24.6 Å². The molecule has 0 spiro atoms. The molecule has 0 aliphatic carbocycles. The molecule has 2 fully saturated rings. The standard InChI is InChI=1S/C24H23FN6O7/c1-12-26-14-4-2-5-15(20(14)23(36)31(12)16-7-8-17(32)28-21(16)34)27-18(33)11-30-22(35)13(25)10-29(24(30)37)19-6-3-9-38-19/h2,4-5,10,16,19H,3,6-9,11H2,1H3,(H,27,33)(H,28,32,34). The molecule has 13 nitrogen and oxygen atoms in total. The van der Waals surface area contributed by atoms with Gasteiger partial charge in [-0.3, -0.25) is 38.4 Å². The van der Waals surface area contributed by atoms with E-state index in [0.717, 1.165) is 15.3 Å². The lowest BCUT2D eigenvalue weighted by Crippen LogP contribution is -2.45. The van der Waals surface area contributed by atoms with Gasteiger partial charge >= 0.3 is 5.69 Å². The van der Waals surface area contributed by atoms with Gasteiger partial charge in [-0.1, -0.05) is 6.07 Å². The van der Waals surface area contributed by atoms with Gasteiger partial charge in [0.15, 0.2) is 0 Å². The predicted molar refractivity (Wildman–Crippen MR) is 130 cm³/mol. The average Bonchev–Trinajstić information content (AvgIpc) is 3.40. The number of aromatic nitrogens is 4. The Kier molecular flexibility index (Phi) is 6.48. The summed E-state index contributed by atoms with van der Waals surface area (Å²) in [6.45, 7) is 1.10. The van der Waals surface area contributed by atoms with Crippen molar-refractivity contribution in [1.82, 2.24) is 24.0 Å². The van der Waals surface area contributed by atoms with E-state index in [0.29, 0.717) is 24.0 Å². The van der Waals surface area contributed by atoms with Crippen LogP contribution in [0.3, 0.4) is 0 Å². The summed E-state index contributed by atoms with van der Waals surface area (Å²) in [6, 6.07) is 3.54. The molecule has 2 aromatic heterocycles. The Morgan fingerprint density at radius 3 is 2.68 bits per heavy atom. The van der Waals surface area contributed by atoms with Gasteiger partial charge in [-0.2, -0.15) is 4.39 Å². The van der Waals surface area contributed by atoms with Crippen LogP contribution in [0.2, 0.25) is 0 Å². The molecule has 2 atom stereocenters. The Balaban J connectivity index is 1.50. The highest BCUT2D eigenvalue weighted by atomic mass is 19.1. The van der Waals surface area contributed by atoms with Gasteiger partial charge in [0.2, 0.25) is 23.5 Å². The minimum Gasteiger partial charge on any atom is -0.358 e. The van der Waals surface area contributed by atoms with Crippen molar-refractivity contribution in [3.05, 3.63) is 67.2 Å². The van der Waals surface area contributed by atoms with Crippen molar-refractivity contribution in [3.63, 3.8) is 0 Å². The molecule has 1 aromatic carbocycles. The zero-order valence-electron chi connectivity index (χ0n) is 20.2. The molecule has 38 heavy (non-hydrogen) atoms. The molecular formula is C24H23FN6O7. The first kappa shape index (κ1) is 25.2. The minimum absolute atomic E-state index is 0.0143. The summed E-state index contributed by atoms with van der Waals surface area (Å²) < 4.78 is 22.3. The molecule has 3 amide bonds. The fourth-order valence-corrected chi connectivity index (χ4v) is 4.80. The lowest BCUT2D eigenvalue weighted by Gasteiger charge is -2.24. The van der Waals surface area contributed by atoms with Crippen LogP contribution in [-0.4, -0.2) is 43.0 Å². The number of nitrogens with zero attached hydrogens (tertiary/aromatic N) is 4. The minimum atomic E-state index is -1.27. The Hall–Kier alpha value is -4.46. The maximum atomic E-state index is 14.3. The van der Waals surface area contributed by atoms with Crippen molar-refractivity contribution in [1.29, 1.82) is 0 Å². The van der Waals surface area contributed by atoms with Crippen molar-refractivity contribution >= 4 is 34.3 Å². The van der Waals surface area contributed by atoms with Crippen molar-refractivity contribution in [2.45, 2.75) is 51.4 Å². The highest BCUT2D eigenvalue weighted by Crippen LogP contribution is 2.24. The topological polar surface area (TPSA) is 163 Å². The molecule has 4 heterocycles. The number of amides is 3. The van der Waals surface area contributed by atoms with Crippen LogP contribution in [0.4, 0.5) is 10.1 Å². The molecular weight excluding hydrogens is 503 g/mol. The van der Waals surface area contributed by atoms with Crippen LogP contribution in [0, 0.1) is 12.7 Å². The summed E-state index contributed by atoms with van der Waals surface area (Å²) in [5.41, 5.74) is -2.54. The summed E-state index contributed by atoms with van der Waals surface area (Å²) in [6.07, 6.45) is 1.28. The van der Waals surface area contributed by atoms with Gasteiger partial charge in [-0.05, 0) is 38.3 Å². The number of hydrogen-bond acceptors (Lipinski definition) is 8. The van der Waals surface area contributed by atoms with E-state index in [-0.39, 0.29) is 35.3 Å². The molecule has 0 saturated carbocycles. The zero-order chi connectivity index (χ0) is 27.1. The molecule has 14 heteroatoms. The summed E-state index contributed by atoms with van der Waals surface area (Å²) in [5.74, 6) is -2.92. The summed E-state index contributed by atoms with van der Waals surface area (Å²) in [7, 11) is 0. The lowest BCUT2D eigenvalue weighted by molar-refractivity contribution is -0.135. The first-order chi connectivity index (χ1) is 18.2. The van der Waals surface area contributed by atoms with Gasteiger partial charge in [-0.25, -0.2) is 14.3 Å². The van der Waals surface area contributed by atoms with E-state index < -0.39 is 59.2 Å². The SMILES string of the molecule is Cc1nc2cccc(NC(=O)Cn3c(=O)c(F)cn(C4CCCO4)c3=O)c2c(=O)n1C1CCC(=O)NC1=O. The number of aryl methyl sites for hydroxylation is 1. The van der Waals surface area contributed by atoms with E-state index in [9.17, 15) is 33.2 Å². The van der Waals surface area contributed by atoms with Crippen molar-refractivity contribution in [3.8, 4) is 0 Å². The number of benzene rings is 1. The number of imide groups is 1. The Labute approximate surface area is 212 Å². The average molecular weight is 526 g/mol. The normalized spacial score (nSPS) is 19.5. The van der Waals surface area contributed by atoms with Crippen LogP contribution in [0.5, 0.6) is 0 Å². The first-order valence-electron chi connectivity index (χ1n) is 11.9. The molecule has 2 aliphatic rings. The second kappa shape index (κ2) is 9.78. The highest BCUT2D eigenvalue weighted by molar-refractivity contribution is 6.01. The number of anilines is 1. The molecule has 3 aromatic rings. The number of hydrogen-bond donors (Lipinski definition) is 2. The van der Waals surface area contributed by atoms with E-state index >= 15 is 0 Å². The fourth-order valence-electron chi connectivity index (χ4n) is 4.80. The maximum Gasteiger partial charge on any atom is 0.333 e. The lowest BCUT2D eigenvalue weighted by atomic mass is 10.1. The quantitative estimate of drug-likeness (QED) is 0.442. The largest absolute Gasteiger partial charge is 0.358 e. The van der Waals surface area contributed by atoms with E-state index in [1.807, 2.05) is 0 Å². The Morgan fingerprint density at radius 1 is 1.18 bits per heavy atom. The summed E-state index contributed by atoms with van der Waals surface area (Å²) >= 11 is 0. The molecule has 2 N–H and O–H groups in total. The van der Waals surface area contributed by atoms with E-state index in [1.165, 1.54) is 6.07 Å². The third kappa shape index (κ3) is 4.42. The third-order valence-corrected chi connectivity index (χ3v) is 6.57. The smallest absolute Gasteiger partial charge is 0.333 e. The van der Waals surface area contributed by atoms with Gasteiger partial charge in [0.25, 0.3) is 11.1 Å². The molecule has 2 unspecified atom stereocenters. The van der Waals surface area contributed by atoms with Crippen molar-refractivity contribution in [2.24, 2.45) is 0 Å².